The molecule has 0 spiro atoms. The van der Waals surface area contributed by atoms with Crippen LogP contribution < -0.4 is 0 Å². The monoisotopic (exact) mass is 325 g/mol. The van der Waals surface area contributed by atoms with E-state index in [9.17, 15) is 14.4 Å². The normalized spacial score (nSPS) is 13.6. The maximum absolute atomic E-state index is 11.9. The highest BCUT2D eigenvalue weighted by Gasteiger charge is 2.38. The van der Waals surface area contributed by atoms with Crippen LogP contribution >= 0.6 is 15.9 Å². The van der Waals surface area contributed by atoms with Crippen molar-refractivity contribution in [1.29, 1.82) is 0 Å². The van der Waals surface area contributed by atoms with Crippen LogP contribution in [0, 0.1) is 0 Å². The fourth-order valence-corrected chi connectivity index (χ4v) is 2.16. The molecule has 2 amide bonds. The molecule has 0 aliphatic carbocycles. The van der Waals surface area contributed by atoms with Crippen LogP contribution in [0.2, 0.25) is 0 Å². The van der Waals surface area contributed by atoms with Crippen molar-refractivity contribution in [2.24, 2.45) is 0 Å². The lowest BCUT2D eigenvalue weighted by molar-refractivity contribution is -0.168. The Bertz CT molecular complexity index is 494. The number of benzene rings is 1. The van der Waals surface area contributed by atoms with Gasteiger partial charge in [-0.05, 0) is 25.0 Å². The lowest BCUT2D eigenvalue weighted by Crippen LogP contribution is -2.32. The quantitative estimate of drug-likeness (QED) is 0.473. The zero-order valence-electron chi connectivity index (χ0n) is 10.1. The van der Waals surface area contributed by atoms with E-state index in [0.29, 0.717) is 11.5 Å². The van der Waals surface area contributed by atoms with Gasteiger partial charge in [-0.1, -0.05) is 33.1 Å². The number of alkyl halides is 1. The van der Waals surface area contributed by atoms with Crippen molar-refractivity contribution in [3.63, 3.8) is 0 Å². The van der Waals surface area contributed by atoms with Crippen LogP contribution in [-0.4, -0.2) is 28.2 Å². The highest BCUT2D eigenvalue weighted by molar-refractivity contribution is 9.09. The summed E-state index contributed by atoms with van der Waals surface area (Å²) in [4.78, 5) is 40.2. The average molecular weight is 326 g/mol. The molecule has 19 heavy (non-hydrogen) atoms. The van der Waals surface area contributed by atoms with Gasteiger partial charge in [0.25, 0.3) is 11.8 Å². The Morgan fingerprint density at radius 1 is 1.11 bits per heavy atom. The Kier molecular flexibility index (Phi) is 4.31. The second-order valence-corrected chi connectivity index (χ2v) is 4.85. The van der Waals surface area contributed by atoms with Gasteiger partial charge in [0.05, 0.1) is 11.1 Å². The minimum atomic E-state index is -0.588. The van der Waals surface area contributed by atoms with Gasteiger partial charge in [-0.3, -0.25) is 9.59 Å². The Labute approximate surface area is 118 Å². The summed E-state index contributed by atoms with van der Waals surface area (Å²) >= 11 is 3.26. The largest absolute Gasteiger partial charge is 0.333 e. The number of imide groups is 1. The molecule has 5 nitrogen and oxygen atoms in total. The van der Waals surface area contributed by atoms with Gasteiger partial charge in [-0.15, -0.1) is 0 Å². The van der Waals surface area contributed by atoms with E-state index in [1.54, 1.807) is 12.1 Å². The van der Waals surface area contributed by atoms with Crippen molar-refractivity contribution in [3.05, 3.63) is 35.4 Å². The minimum Gasteiger partial charge on any atom is -0.330 e. The Morgan fingerprint density at radius 2 is 1.68 bits per heavy atom. The molecule has 100 valence electrons. The molecule has 0 unspecified atom stereocenters. The van der Waals surface area contributed by atoms with E-state index in [0.717, 1.165) is 11.8 Å². The van der Waals surface area contributed by atoms with E-state index < -0.39 is 17.8 Å². The second kappa shape index (κ2) is 5.97. The van der Waals surface area contributed by atoms with Gasteiger partial charge in [0, 0.05) is 11.8 Å². The predicted molar refractivity (Wildman–Crippen MR) is 70.7 cm³/mol. The van der Waals surface area contributed by atoms with E-state index in [-0.39, 0.29) is 17.5 Å². The number of rotatable bonds is 5. The lowest BCUT2D eigenvalue weighted by Gasteiger charge is -2.12. The molecule has 0 saturated heterocycles. The molecule has 0 fully saturated rings. The van der Waals surface area contributed by atoms with Crippen molar-refractivity contribution in [1.82, 2.24) is 5.06 Å². The summed E-state index contributed by atoms with van der Waals surface area (Å²) in [7, 11) is 0. The van der Waals surface area contributed by atoms with Gasteiger partial charge in [0.15, 0.2) is 0 Å². The predicted octanol–water partition coefficient (Wildman–Crippen LogP) is 2.31. The summed E-state index contributed by atoms with van der Waals surface area (Å²) in [6.45, 7) is 0. The van der Waals surface area contributed by atoms with Crippen molar-refractivity contribution in [2.45, 2.75) is 19.3 Å². The first-order chi connectivity index (χ1) is 9.15. The van der Waals surface area contributed by atoms with Gasteiger partial charge in [0.1, 0.15) is 0 Å². The number of unbranched alkanes of at least 4 members (excludes halogenated alkanes) is 1. The molecule has 2 rings (SSSR count). The van der Waals surface area contributed by atoms with Crippen LogP contribution in [-0.2, 0) is 9.63 Å². The van der Waals surface area contributed by atoms with E-state index >= 15 is 0 Å². The molecule has 0 aromatic heterocycles. The molecule has 1 aliphatic rings. The molecule has 0 saturated carbocycles. The smallest absolute Gasteiger partial charge is 0.330 e. The number of halogens is 1. The molecule has 1 aliphatic heterocycles. The number of hydroxylamine groups is 2. The first-order valence-electron chi connectivity index (χ1n) is 5.89. The molecule has 0 bridgehead atoms. The van der Waals surface area contributed by atoms with Gasteiger partial charge in [0.2, 0.25) is 0 Å². The number of fused-ring (bicyclic) bond motifs is 1. The van der Waals surface area contributed by atoms with Crippen molar-refractivity contribution in [3.8, 4) is 0 Å². The number of hydrogen-bond donors (Lipinski definition) is 0. The molecule has 1 heterocycles. The Hall–Kier alpha value is -1.69. The molecule has 0 atom stereocenters. The molecule has 0 radical (unpaired) electrons. The third-order valence-electron chi connectivity index (χ3n) is 2.71. The zero-order valence-corrected chi connectivity index (χ0v) is 11.7. The van der Waals surface area contributed by atoms with E-state index in [1.807, 2.05) is 0 Å². The van der Waals surface area contributed by atoms with Gasteiger partial charge in [-0.25, -0.2) is 4.79 Å². The van der Waals surface area contributed by atoms with Crippen LogP contribution in [0.4, 0.5) is 0 Å². The summed E-state index contributed by atoms with van der Waals surface area (Å²) in [6, 6.07) is 6.39. The summed E-state index contributed by atoms with van der Waals surface area (Å²) < 4.78 is 0. The fourth-order valence-electron chi connectivity index (χ4n) is 1.76. The first kappa shape index (κ1) is 13.7. The number of nitrogens with zero attached hydrogens (tertiary/aromatic N) is 1. The zero-order chi connectivity index (χ0) is 13.8. The van der Waals surface area contributed by atoms with Gasteiger partial charge < -0.3 is 4.84 Å². The number of amides is 2. The third kappa shape index (κ3) is 2.84. The van der Waals surface area contributed by atoms with Crippen LogP contribution in [0.5, 0.6) is 0 Å². The topological polar surface area (TPSA) is 63.7 Å². The lowest BCUT2D eigenvalue weighted by atomic mass is 10.1. The number of carbonyl (C=O) groups is 3. The summed E-state index contributed by atoms with van der Waals surface area (Å²) in [5.41, 5.74) is 0.529. The Balaban J connectivity index is 2.02. The van der Waals surface area contributed by atoms with E-state index in [1.165, 1.54) is 12.1 Å². The highest BCUT2D eigenvalue weighted by atomic mass is 79.9. The molecular formula is C13H12BrNO4. The molecule has 6 heteroatoms. The maximum atomic E-state index is 11.9. The fraction of sp³-hybridized carbons (Fsp3) is 0.308. The summed E-state index contributed by atoms with van der Waals surface area (Å²) in [6.07, 6.45) is 1.66. The number of hydrogen-bond acceptors (Lipinski definition) is 4. The SMILES string of the molecule is O=C(CCCCBr)ON1C(=O)c2ccccc2C1=O. The van der Waals surface area contributed by atoms with Crippen LogP contribution in [0.1, 0.15) is 40.0 Å². The summed E-state index contributed by atoms with van der Waals surface area (Å²) in [5, 5.41) is 1.34. The van der Waals surface area contributed by atoms with Crippen molar-refractivity contribution >= 4 is 33.7 Å². The standard InChI is InChI=1S/C13H12BrNO4/c14-8-4-3-7-11(16)19-15-12(17)9-5-1-2-6-10(9)13(15)18/h1-2,5-6H,3-4,7-8H2. The van der Waals surface area contributed by atoms with Crippen molar-refractivity contribution < 1.29 is 19.2 Å². The van der Waals surface area contributed by atoms with E-state index in [2.05, 4.69) is 15.9 Å². The maximum Gasteiger partial charge on any atom is 0.333 e. The van der Waals surface area contributed by atoms with Crippen LogP contribution in [0.25, 0.3) is 0 Å². The molecular weight excluding hydrogens is 314 g/mol. The minimum absolute atomic E-state index is 0.180. The second-order valence-electron chi connectivity index (χ2n) is 4.06. The average Bonchev–Trinajstić information content (AvgIpc) is 2.65. The van der Waals surface area contributed by atoms with Crippen molar-refractivity contribution in [2.75, 3.05) is 5.33 Å². The summed E-state index contributed by atoms with van der Waals surface area (Å²) in [5.74, 6) is -1.75. The third-order valence-corrected chi connectivity index (χ3v) is 3.28. The first-order valence-corrected chi connectivity index (χ1v) is 7.02. The highest BCUT2D eigenvalue weighted by Crippen LogP contribution is 2.22. The van der Waals surface area contributed by atoms with Crippen LogP contribution in [0.3, 0.4) is 0 Å². The molecule has 1 aromatic carbocycles. The van der Waals surface area contributed by atoms with Gasteiger partial charge in [-0.2, -0.15) is 0 Å². The molecule has 0 N–H and O–H groups in total. The van der Waals surface area contributed by atoms with E-state index in [4.69, 9.17) is 4.84 Å². The molecule has 1 aromatic rings. The van der Waals surface area contributed by atoms with Gasteiger partial charge >= 0.3 is 5.97 Å². The Morgan fingerprint density at radius 3 is 2.21 bits per heavy atom. The van der Waals surface area contributed by atoms with Crippen LogP contribution in [0.15, 0.2) is 24.3 Å². The number of carbonyl (C=O) groups excluding carboxylic acids is 3.